The molecule has 3 atom stereocenters. The van der Waals surface area contributed by atoms with E-state index in [1.54, 1.807) is 0 Å². The number of likely N-dealkylation sites (tertiary alicyclic amines) is 1. The molecule has 2 saturated carbocycles. The topological polar surface area (TPSA) is 75.4 Å². The molecule has 1 saturated heterocycles. The predicted octanol–water partition coefficient (Wildman–Crippen LogP) is 2.22. The van der Waals surface area contributed by atoms with Crippen LogP contribution in [-0.2, 0) is 9.59 Å². The Morgan fingerprint density at radius 1 is 1.12 bits per heavy atom. The fourth-order valence-electron chi connectivity index (χ4n) is 4.98. The lowest BCUT2D eigenvalue weighted by atomic mass is 9.67. The third kappa shape index (κ3) is 4.05. The Bertz CT molecular complexity index is 446. The molecule has 0 aromatic heterocycles. The highest BCUT2D eigenvalue weighted by atomic mass is 35.5. The largest absolute Gasteiger partial charge is 0.351 e. The Hall–Kier alpha value is -0.810. The number of hydrogen-bond acceptors (Lipinski definition) is 3. The van der Waals surface area contributed by atoms with Crippen molar-refractivity contribution in [3.05, 3.63) is 0 Å². The maximum absolute atomic E-state index is 12.8. The van der Waals surface area contributed by atoms with E-state index in [1.165, 1.54) is 19.3 Å². The minimum atomic E-state index is -0.245. The molecule has 3 aliphatic rings. The van der Waals surface area contributed by atoms with Crippen molar-refractivity contribution in [2.24, 2.45) is 17.6 Å². The molecule has 0 radical (unpaired) electrons. The Kier molecular flexibility index (Phi) is 6.93. The molecule has 2 aliphatic carbocycles. The number of fused-ring (bicyclic) bond motifs is 2. The Balaban J connectivity index is 0.00000208. The Morgan fingerprint density at radius 3 is 2.42 bits per heavy atom. The van der Waals surface area contributed by atoms with Crippen LogP contribution >= 0.6 is 12.4 Å². The van der Waals surface area contributed by atoms with Crippen LogP contribution in [0, 0.1) is 11.8 Å². The van der Waals surface area contributed by atoms with E-state index in [-0.39, 0.29) is 36.3 Å². The molecule has 3 rings (SSSR count). The van der Waals surface area contributed by atoms with Gasteiger partial charge in [-0.2, -0.15) is 0 Å². The minimum Gasteiger partial charge on any atom is -0.351 e. The first-order valence-electron chi connectivity index (χ1n) is 9.45. The molecular weight excluding hydrogens is 326 g/mol. The maximum atomic E-state index is 12.8. The van der Waals surface area contributed by atoms with E-state index in [2.05, 4.69) is 5.32 Å². The smallest absolute Gasteiger partial charge is 0.243 e. The molecule has 5 nitrogen and oxygen atoms in total. The quantitative estimate of drug-likeness (QED) is 0.810. The number of amides is 2. The molecule has 6 heteroatoms. The molecule has 0 spiro atoms. The molecule has 3 unspecified atom stereocenters. The van der Waals surface area contributed by atoms with Gasteiger partial charge >= 0.3 is 0 Å². The summed E-state index contributed by atoms with van der Waals surface area (Å²) in [5.74, 6) is 1.27. The summed E-state index contributed by atoms with van der Waals surface area (Å²) in [5.41, 5.74) is 6.17. The lowest BCUT2D eigenvalue weighted by molar-refractivity contribution is -0.139. The first-order valence-corrected chi connectivity index (χ1v) is 9.45. The number of hydrogen-bond donors (Lipinski definition) is 2. The van der Waals surface area contributed by atoms with E-state index in [1.807, 2.05) is 11.8 Å². The number of nitrogens with two attached hydrogens (primary N) is 1. The second-order valence-corrected chi connectivity index (χ2v) is 7.71. The van der Waals surface area contributed by atoms with Crippen molar-refractivity contribution >= 4 is 24.2 Å². The normalized spacial score (nSPS) is 35.2. The van der Waals surface area contributed by atoms with Gasteiger partial charge in [-0.05, 0) is 56.8 Å². The summed E-state index contributed by atoms with van der Waals surface area (Å²) in [6.45, 7) is 2.74. The molecule has 2 bridgehead atoms. The van der Waals surface area contributed by atoms with E-state index in [4.69, 9.17) is 5.73 Å². The van der Waals surface area contributed by atoms with Crippen molar-refractivity contribution in [2.45, 2.75) is 82.8 Å². The lowest BCUT2D eigenvalue weighted by Crippen LogP contribution is -2.57. The number of nitrogens with zero attached hydrogens (tertiary/aromatic N) is 1. The van der Waals surface area contributed by atoms with Crippen LogP contribution in [0.2, 0.25) is 0 Å². The van der Waals surface area contributed by atoms with Gasteiger partial charge in [0.05, 0.1) is 0 Å². The highest BCUT2D eigenvalue weighted by Crippen LogP contribution is 2.39. The first kappa shape index (κ1) is 19.5. The van der Waals surface area contributed by atoms with Gasteiger partial charge in [0.1, 0.15) is 6.04 Å². The fourth-order valence-corrected chi connectivity index (χ4v) is 4.98. The van der Waals surface area contributed by atoms with Crippen molar-refractivity contribution in [2.75, 3.05) is 6.54 Å². The van der Waals surface area contributed by atoms with Gasteiger partial charge in [-0.15, -0.1) is 12.4 Å². The fraction of sp³-hybridized carbons (Fsp3) is 0.889. The molecule has 3 N–H and O–H groups in total. The Labute approximate surface area is 151 Å². The summed E-state index contributed by atoms with van der Waals surface area (Å²) >= 11 is 0. The number of carbonyl (C=O) groups is 2. The minimum absolute atomic E-state index is 0. The van der Waals surface area contributed by atoms with E-state index >= 15 is 0 Å². The van der Waals surface area contributed by atoms with Gasteiger partial charge in [-0.25, -0.2) is 0 Å². The highest BCUT2D eigenvalue weighted by molar-refractivity contribution is 5.88. The highest BCUT2D eigenvalue weighted by Gasteiger charge is 2.42. The van der Waals surface area contributed by atoms with Crippen LogP contribution in [-0.4, -0.2) is 41.4 Å². The summed E-state index contributed by atoms with van der Waals surface area (Å²) in [5, 5.41) is 3.32. The zero-order chi connectivity index (χ0) is 16.4. The monoisotopic (exact) mass is 357 g/mol. The third-order valence-electron chi connectivity index (χ3n) is 6.03. The second kappa shape index (κ2) is 8.52. The summed E-state index contributed by atoms with van der Waals surface area (Å²) in [6, 6.07) is 0.331. The third-order valence-corrected chi connectivity index (χ3v) is 6.03. The predicted molar refractivity (Wildman–Crippen MR) is 96.9 cm³/mol. The van der Waals surface area contributed by atoms with Gasteiger partial charge in [-0.1, -0.05) is 13.3 Å². The molecule has 2 amide bonds. The average molecular weight is 358 g/mol. The number of halogens is 1. The zero-order valence-electron chi connectivity index (χ0n) is 14.7. The number of carbonyl (C=O) groups excluding carboxylic acids is 2. The van der Waals surface area contributed by atoms with Crippen molar-refractivity contribution in [1.29, 1.82) is 0 Å². The summed E-state index contributed by atoms with van der Waals surface area (Å²) in [4.78, 5) is 26.8. The van der Waals surface area contributed by atoms with Crippen molar-refractivity contribution in [3.8, 4) is 0 Å². The molecule has 1 aliphatic heterocycles. The van der Waals surface area contributed by atoms with Crippen LogP contribution < -0.4 is 11.1 Å². The zero-order valence-corrected chi connectivity index (χ0v) is 15.5. The second-order valence-electron chi connectivity index (χ2n) is 7.71. The van der Waals surface area contributed by atoms with Crippen LogP contribution in [0.3, 0.4) is 0 Å². The standard InChI is InChI=1S/C18H31N3O2.ClH/c1-2-5-16(22)21-9-4-8-15(21)18(23)20-17-12-6-3-7-13(17)11-14(19)10-12;/h12-15,17H,2-11,19H2,1H3,(H,20,23);1H. The molecule has 138 valence electrons. The summed E-state index contributed by atoms with van der Waals surface area (Å²) in [6.07, 6.45) is 8.82. The van der Waals surface area contributed by atoms with E-state index in [9.17, 15) is 9.59 Å². The molecule has 1 heterocycles. The first-order chi connectivity index (χ1) is 11.1. The van der Waals surface area contributed by atoms with Crippen LogP contribution in [0.5, 0.6) is 0 Å². The molecule has 24 heavy (non-hydrogen) atoms. The molecular formula is C18H32ClN3O2. The maximum Gasteiger partial charge on any atom is 0.243 e. The van der Waals surface area contributed by atoms with Crippen molar-refractivity contribution < 1.29 is 9.59 Å². The number of nitrogens with one attached hydrogen (secondary N) is 1. The lowest BCUT2D eigenvalue weighted by Gasteiger charge is -2.45. The summed E-state index contributed by atoms with van der Waals surface area (Å²) in [7, 11) is 0. The summed E-state index contributed by atoms with van der Waals surface area (Å²) < 4.78 is 0. The number of rotatable bonds is 4. The van der Waals surface area contributed by atoms with Gasteiger partial charge < -0.3 is 16.0 Å². The van der Waals surface area contributed by atoms with Crippen molar-refractivity contribution in [3.63, 3.8) is 0 Å². The van der Waals surface area contributed by atoms with Gasteiger partial charge in [0.15, 0.2) is 0 Å². The van der Waals surface area contributed by atoms with Crippen LogP contribution in [0.1, 0.15) is 64.7 Å². The SMILES string of the molecule is CCCC(=O)N1CCCC1C(=O)NC1C2CCCC1CC(N)C2.Cl. The Morgan fingerprint density at radius 2 is 1.79 bits per heavy atom. The van der Waals surface area contributed by atoms with E-state index in [0.717, 1.165) is 38.6 Å². The van der Waals surface area contributed by atoms with Gasteiger partial charge in [-0.3, -0.25) is 9.59 Å². The van der Waals surface area contributed by atoms with Gasteiger partial charge in [0.2, 0.25) is 11.8 Å². The van der Waals surface area contributed by atoms with E-state index < -0.39 is 0 Å². The van der Waals surface area contributed by atoms with Gasteiger partial charge in [0.25, 0.3) is 0 Å². The van der Waals surface area contributed by atoms with E-state index in [0.29, 0.717) is 24.3 Å². The van der Waals surface area contributed by atoms with Crippen LogP contribution in [0.15, 0.2) is 0 Å². The average Bonchev–Trinajstić information content (AvgIpc) is 2.98. The van der Waals surface area contributed by atoms with Crippen LogP contribution in [0.25, 0.3) is 0 Å². The van der Waals surface area contributed by atoms with Crippen LogP contribution in [0.4, 0.5) is 0 Å². The van der Waals surface area contributed by atoms with Gasteiger partial charge in [0, 0.05) is 25.0 Å². The van der Waals surface area contributed by atoms with Crippen molar-refractivity contribution in [1.82, 2.24) is 10.2 Å². The molecule has 3 fully saturated rings. The molecule has 0 aromatic rings. The molecule has 0 aromatic carbocycles.